The van der Waals surface area contributed by atoms with E-state index in [0.29, 0.717) is 5.56 Å². The summed E-state index contributed by atoms with van der Waals surface area (Å²) < 4.78 is 0. The fourth-order valence-electron chi connectivity index (χ4n) is 1.18. The van der Waals surface area contributed by atoms with Crippen LogP contribution in [0.3, 0.4) is 0 Å². The molecule has 1 aromatic rings. The Morgan fingerprint density at radius 3 is 2.20 bits per heavy atom. The molecule has 0 atom stereocenters. The molecule has 5 nitrogen and oxygen atoms in total. The zero-order chi connectivity index (χ0) is 11.8. The second-order valence-corrected chi connectivity index (χ2v) is 4.37. The van der Waals surface area contributed by atoms with E-state index < -0.39 is 22.1 Å². The molecule has 0 aliphatic rings. The lowest BCUT2D eigenvalue weighted by atomic mass is 9.86. The normalized spacial score (nSPS) is 11.4. The Balaban J connectivity index is 3.43. The maximum absolute atomic E-state index is 10.6. The van der Waals surface area contributed by atoms with Crippen LogP contribution in [0.1, 0.15) is 26.3 Å². The standard InChI is InChI=1S/C10H13NO4/c1-10(2,3)6-4-7(11(14)15)9(13)8(12)5-6/h4-5,12-13H,1-3H3. The average molecular weight is 211 g/mol. The van der Waals surface area contributed by atoms with Gasteiger partial charge in [-0.25, -0.2) is 0 Å². The summed E-state index contributed by atoms with van der Waals surface area (Å²) in [6.07, 6.45) is 0. The van der Waals surface area contributed by atoms with Crippen molar-refractivity contribution in [2.75, 3.05) is 0 Å². The van der Waals surface area contributed by atoms with Gasteiger partial charge in [0.15, 0.2) is 5.75 Å². The van der Waals surface area contributed by atoms with E-state index in [4.69, 9.17) is 0 Å². The van der Waals surface area contributed by atoms with Gasteiger partial charge in [-0.3, -0.25) is 10.1 Å². The SMILES string of the molecule is CC(C)(C)c1cc(O)c(O)c([N+](=O)[O-])c1. The minimum absolute atomic E-state index is 0.323. The van der Waals surface area contributed by atoms with Crippen LogP contribution < -0.4 is 0 Å². The molecule has 82 valence electrons. The molecule has 0 amide bonds. The highest BCUT2D eigenvalue weighted by molar-refractivity contribution is 5.57. The number of hydrogen-bond donors (Lipinski definition) is 2. The van der Waals surface area contributed by atoms with Crippen molar-refractivity contribution >= 4 is 5.69 Å². The quantitative estimate of drug-likeness (QED) is 0.424. The van der Waals surface area contributed by atoms with Gasteiger partial charge < -0.3 is 10.2 Å². The molecule has 0 saturated carbocycles. The molecule has 0 aliphatic heterocycles. The summed E-state index contributed by atoms with van der Waals surface area (Å²) in [5.41, 5.74) is -0.194. The average Bonchev–Trinajstić information content (AvgIpc) is 2.06. The van der Waals surface area contributed by atoms with Crippen molar-refractivity contribution in [2.24, 2.45) is 0 Å². The van der Waals surface area contributed by atoms with Crippen LogP contribution in [0.15, 0.2) is 12.1 Å². The van der Waals surface area contributed by atoms with Gasteiger partial charge in [0, 0.05) is 6.07 Å². The first-order valence-corrected chi connectivity index (χ1v) is 4.44. The van der Waals surface area contributed by atoms with Crippen molar-refractivity contribution in [3.63, 3.8) is 0 Å². The number of rotatable bonds is 1. The molecule has 1 aromatic carbocycles. The van der Waals surface area contributed by atoms with Crippen LogP contribution in [-0.2, 0) is 5.41 Å². The van der Waals surface area contributed by atoms with E-state index in [1.807, 2.05) is 20.8 Å². The highest BCUT2D eigenvalue weighted by Gasteiger charge is 2.23. The van der Waals surface area contributed by atoms with Gasteiger partial charge in [0.25, 0.3) is 0 Å². The first-order chi connectivity index (χ1) is 6.73. The van der Waals surface area contributed by atoms with E-state index in [2.05, 4.69) is 0 Å². The lowest BCUT2D eigenvalue weighted by molar-refractivity contribution is -0.386. The second kappa shape index (κ2) is 3.42. The fraction of sp³-hybridized carbons (Fsp3) is 0.400. The smallest absolute Gasteiger partial charge is 0.314 e. The molecule has 0 aliphatic carbocycles. The lowest BCUT2D eigenvalue weighted by Gasteiger charge is -2.19. The minimum atomic E-state index is -0.718. The minimum Gasteiger partial charge on any atom is -0.504 e. The molecule has 15 heavy (non-hydrogen) atoms. The molecule has 0 unspecified atom stereocenters. The lowest BCUT2D eigenvalue weighted by Crippen LogP contribution is -2.11. The molecule has 5 heteroatoms. The van der Waals surface area contributed by atoms with Gasteiger partial charge in [0.1, 0.15) is 0 Å². The van der Waals surface area contributed by atoms with Crippen molar-refractivity contribution in [2.45, 2.75) is 26.2 Å². The van der Waals surface area contributed by atoms with Crippen LogP contribution in [0.2, 0.25) is 0 Å². The maximum atomic E-state index is 10.6. The molecular formula is C10H13NO4. The highest BCUT2D eigenvalue weighted by atomic mass is 16.6. The number of hydrogen-bond acceptors (Lipinski definition) is 4. The number of nitrogens with zero attached hydrogens (tertiary/aromatic N) is 1. The van der Waals surface area contributed by atoms with Crippen LogP contribution in [0.25, 0.3) is 0 Å². The van der Waals surface area contributed by atoms with Gasteiger partial charge in [0.05, 0.1) is 4.92 Å². The Morgan fingerprint density at radius 1 is 1.27 bits per heavy atom. The van der Waals surface area contributed by atoms with E-state index in [1.165, 1.54) is 12.1 Å². The molecule has 0 saturated heterocycles. The molecule has 0 fully saturated rings. The summed E-state index contributed by atoms with van der Waals surface area (Å²) in [6, 6.07) is 2.61. The largest absolute Gasteiger partial charge is 0.504 e. The predicted octanol–water partition coefficient (Wildman–Crippen LogP) is 2.30. The topological polar surface area (TPSA) is 83.6 Å². The number of nitro groups is 1. The number of phenols is 2. The van der Waals surface area contributed by atoms with Gasteiger partial charge in [-0.2, -0.15) is 0 Å². The first kappa shape index (κ1) is 11.3. The summed E-state index contributed by atoms with van der Waals surface area (Å²) in [7, 11) is 0. The zero-order valence-electron chi connectivity index (χ0n) is 8.81. The number of benzene rings is 1. The van der Waals surface area contributed by atoms with Crippen molar-refractivity contribution in [1.29, 1.82) is 0 Å². The maximum Gasteiger partial charge on any atom is 0.314 e. The number of nitro benzene ring substituents is 1. The van der Waals surface area contributed by atoms with Gasteiger partial charge >= 0.3 is 5.69 Å². The van der Waals surface area contributed by atoms with Crippen molar-refractivity contribution in [3.05, 3.63) is 27.8 Å². The molecule has 1 rings (SSSR count). The van der Waals surface area contributed by atoms with Gasteiger partial charge in [-0.05, 0) is 17.0 Å². The van der Waals surface area contributed by atoms with Crippen molar-refractivity contribution in [3.8, 4) is 11.5 Å². The summed E-state index contributed by atoms with van der Waals surface area (Å²) in [5, 5.41) is 29.2. The second-order valence-electron chi connectivity index (χ2n) is 4.37. The monoisotopic (exact) mass is 211 g/mol. The summed E-state index contributed by atoms with van der Waals surface area (Å²) in [6.45, 7) is 5.59. The van der Waals surface area contributed by atoms with Crippen LogP contribution in [-0.4, -0.2) is 15.1 Å². The molecule has 0 spiro atoms. The summed E-state index contributed by atoms with van der Waals surface area (Å²) in [4.78, 5) is 9.87. The molecule has 0 aromatic heterocycles. The summed E-state index contributed by atoms with van der Waals surface area (Å²) >= 11 is 0. The third kappa shape index (κ3) is 2.18. The van der Waals surface area contributed by atoms with Crippen LogP contribution in [0.4, 0.5) is 5.69 Å². The number of aromatic hydroxyl groups is 2. The van der Waals surface area contributed by atoms with E-state index in [9.17, 15) is 20.3 Å². The van der Waals surface area contributed by atoms with E-state index >= 15 is 0 Å². The third-order valence-electron chi connectivity index (χ3n) is 2.13. The van der Waals surface area contributed by atoms with Crippen molar-refractivity contribution in [1.82, 2.24) is 0 Å². The van der Waals surface area contributed by atoms with E-state index in [-0.39, 0.29) is 5.41 Å². The molecular weight excluding hydrogens is 198 g/mol. The first-order valence-electron chi connectivity index (χ1n) is 4.44. The molecule has 0 radical (unpaired) electrons. The highest BCUT2D eigenvalue weighted by Crippen LogP contribution is 2.39. The Kier molecular flexibility index (Phi) is 2.57. The Bertz CT molecular complexity index is 407. The van der Waals surface area contributed by atoms with Gasteiger partial charge in [0.2, 0.25) is 5.75 Å². The Morgan fingerprint density at radius 2 is 1.80 bits per heavy atom. The van der Waals surface area contributed by atoms with Gasteiger partial charge in [-0.1, -0.05) is 20.8 Å². The van der Waals surface area contributed by atoms with Crippen LogP contribution in [0.5, 0.6) is 11.5 Å². The molecule has 2 N–H and O–H groups in total. The third-order valence-corrected chi connectivity index (χ3v) is 2.13. The van der Waals surface area contributed by atoms with E-state index in [1.54, 1.807) is 0 Å². The predicted molar refractivity (Wildman–Crippen MR) is 55.1 cm³/mol. The Hall–Kier alpha value is -1.78. The van der Waals surface area contributed by atoms with Crippen LogP contribution >= 0.6 is 0 Å². The molecule has 0 bridgehead atoms. The van der Waals surface area contributed by atoms with Gasteiger partial charge in [-0.15, -0.1) is 0 Å². The molecule has 0 heterocycles. The summed E-state index contributed by atoms with van der Waals surface area (Å²) in [5.74, 6) is -1.15. The van der Waals surface area contributed by atoms with E-state index in [0.717, 1.165) is 0 Å². The van der Waals surface area contributed by atoms with Crippen LogP contribution in [0, 0.1) is 10.1 Å². The van der Waals surface area contributed by atoms with Crippen molar-refractivity contribution < 1.29 is 15.1 Å². The Labute approximate surface area is 87.1 Å². The zero-order valence-corrected chi connectivity index (χ0v) is 8.81. The fourth-order valence-corrected chi connectivity index (χ4v) is 1.18. The number of phenolic OH excluding ortho intramolecular Hbond substituents is 2.